The number of para-hydroxylation sites is 2. The molecule has 33 heavy (non-hydrogen) atoms. The van der Waals surface area contributed by atoms with Crippen molar-refractivity contribution in [1.29, 1.82) is 0 Å². The van der Waals surface area contributed by atoms with Crippen molar-refractivity contribution in [2.45, 2.75) is 0 Å². The lowest BCUT2D eigenvalue weighted by atomic mass is 10.2. The molecule has 0 aliphatic rings. The molecular weight excluding hydrogens is 459 g/mol. The lowest BCUT2D eigenvalue weighted by Gasteiger charge is -2.03. The lowest BCUT2D eigenvalue weighted by molar-refractivity contribution is -0.111. The molecule has 5 rings (SSSR count). The Balaban J connectivity index is 1.29. The highest BCUT2D eigenvalue weighted by molar-refractivity contribution is 6.43. The number of nitrogens with one attached hydrogen (secondary N) is 1. The van der Waals surface area contributed by atoms with E-state index in [0.717, 1.165) is 11.1 Å². The van der Waals surface area contributed by atoms with Gasteiger partial charge in [-0.2, -0.15) is 0 Å². The second-order valence-corrected chi connectivity index (χ2v) is 7.98. The van der Waals surface area contributed by atoms with Gasteiger partial charge in [0.15, 0.2) is 5.58 Å². The molecule has 1 amide bonds. The van der Waals surface area contributed by atoms with Crippen LogP contribution in [0, 0.1) is 0 Å². The van der Waals surface area contributed by atoms with Gasteiger partial charge in [-0.25, -0.2) is 4.98 Å². The Bertz CT molecular complexity index is 1470. The number of carbonyl (C=O) groups is 1. The van der Waals surface area contributed by atoms with Gasteiger partial charge in [0.25, 0.3) is 0 Å². The number of fused-ring (bicyclic) bond motifs is 1. The van der Waals surface area contributed by atoms with Gasteiger partial charge in [-0.05, 0) is 60.7 Å². The Morgan fingerprint density at radius 1 is 0.909 bits per heavy atom. The van der Waals surface area contributed by atoms with Crippen molar-refractivity contribution in [2.75, 3.05) is 5.32 Å². The Kier molecular flexibility index (Phi) is 5.73. The van der Waals surface area contributed by atoms with Crippen molar-refractivity contribution >= 4 is 52.0 Å². The first-order valence-electron chi connectivity index (χ1n) is 10.1. The zero-order valence-electron chi connectivity index (χ0n) is 17.1. The molecule has 0 saturated carbocycles. The summed E-state index contributed by atoms with van der Waals surface area (Å²) >= 11 is 12.3. The van der Waals surface area contributed by atoms with E-state index in [0.29, 0.717) is 44.3 Å². The number of hydrogen-bond donors (Lipinski definition) is 1. The minimum absolute atomic E-state index is 0.302. The molecule has 0 aliphatic carbocycles. The van der Waals surface area contributed by atoms with E-state index in [1.165, 1.54) is 6.08 Å². The van der Waals surface area contributed by atoms with Gasteiger partial charge in [-0.1, -0.05) is 47.5 Å². The molecule has 162 valence electrons. The van der Waals surface area contributed by atoms with Crippen LogP contribution in [0.4, 0.5) is 5.69 Å². The quantitative estimate of drug-likeness (QED) is 0.264. The Morgan fingerprint density at radius 2 is 1.76 bits per heavy atom. The first-order valence-corrected chi connectivity index (χ1v) is 10.8. The molecule has 0 aliphatic heterocycles. The van der Waals surface area contributed by atoms with Gasteiger partial charge in [0.1, 0.15) is 17.0 Å². The van der Waals surface area contributed by atoms with Crippen LogP contribution in [0.1, 0.15) is 5.76 Å². The summed E-state index contributed by atoms with van der Waals surface area (Å²) in [6, 6.07) is 23.7. The molecule has 3 aromatic carbocycles. The van der Waals surface area contributed by atoms with Gasteiger partial charge < -0.3 is 14.2 Å². The number of nitrogens with zero attached hydrogens (tertiary/aromatic N) is 1. The summed E-state index contributed by atoms with van der Waals surface area (Å²) in [6.07, 6.45) is 2.98. The molecule has 5 aromatic rings. The van der Waals surface area contributed by atoms with Gasteiger partial charge in [0.05, 0.1) is 10.0 Å². The van der Waals surface area contributed by atoms with Crippen molar-refractivity contribution in [3.05, 3.63) is 101 Å². The van der Waals surface area contributed by atoms with Gasteiger partial charge in [-0.15, -0.1) is 0 Å². The predicted octanol–water partition coefficient (Wildman–Crippen LogP) is 7.71. The van der Waals surface area contributed by atoms with E-state index in [1.54, 1.807) is 36.4 Å². The van der Waals surface area contributed by atoms with E-state index in [1.807, 2.05) is 48.5 Å². The minimum atomic E-state index is -0.302. The second-order valence-electron chi connectivity index (χ2n) is 7.19. The number of amides is 1. The summed E-state index contributed by atoms with van der Waals surface area (Å²) in [5, 5.41) is 3.70. The average Bonchev–Trinajstić information content (AvgIpc) is 3.47. The number of benzene rings is 3. The third-order valence-electron chi connectivity index (χ3n) is 4.91. The summed E-state index contributed by atoms with van der Waals surface area (Å²) in [5.74, 6) is 1.26. The van der Waals surface area contributed by atoms with Crippen LogP contribution >= 0.6 is 23.2 Å². The number of hydrogen-bond acceptors (Lipinski definition) is 4. The fourth-order valence-electron chi connectivity index (χ4n) is 3.35. The van der Waals surface area contributed by atoms with E-state index in [9.17, 15) is 4.79 Å². The third-order valence-corrected chi connectivity index (χ3v) is 5.73. The standard InChI is InChI=1S/C26H16Cl2N2O3/c27-20-8-4-7-19(25(20)28)22-13-11-18(32-22)12-14-24(31)29-17-6-3-5-16(15-17)26-30-21-9-1-2-10-23(21)33-26/h1-15H,(H,29,31). The van der Waals surface area contributed by atoms with Crippen LogP contribution in [0.2, 0.25) is 10.0 Å². The summed E-state index contributed by atoms with van der Waals surface area (Å²) < 4.78 is 11.6. The van der Waals surface area contributed by atoms with Gasteiger partial charge in [-0.3, -0.25) is 4.79 Å². The van der Waals surface area contributed by atoms with Crippen molar-refractivity contribution < 1.29 is 13.6 Å². The molecule has 0 fully saturated rings. The Hall–Kier alpha value is -3.80. The zero-order valence-corrected chi connectivity index (χ0v) is 18.6. The highest BCUT2D eigenvalue weighted by Gasteiger charge is 2.11. The van der Waals surface area contributed by atoms with Gasteiger partial charge >= 0.3 is 0 Å². The number of aromatic nitrogens is 1. The lowest BCUT2D eigenvalue weighted by Crippen LogP contribution is -2.07. The first kappa shape index (κ1) is 21.1. The second kappa shape index (κ2) is 8.98. The fraction of sp³-hybridized carbons (Fsp3) is 0. The maximum Gasteiger partial charge on any atom is 0.248 e. The first-order chi connectivity index (χ1) is 16.1. The third kappa shape index (κ3) is 4.55. The minimum Gasteiger partial charge on any atom is -0.457 e. The van der Waals surface area contributed by atoms with E-state index in [4.69, 9.17) is 32.0 Å². The molecule has 0 unspecified atom stereocenters. The molecule has 5 nitrogen and oxygen atoms in total. The molecule has 1 N–H and O–H groups in total. The van der Waals surface area contributed by atoms with Crippen LogP contribution < -0.4 is 5.32 Å². The van der Waals surface area contributed by atoms with Crippen molar-refractivity contribution in [2.24, 2.45) is 0 Å². The molecule has 0 spiro atoms. The SMILES string of the molecule is O=C(C=Cc1ccc(-c2cccc(Cl)c2Cl)o1)Nc1cccc(-c2nc3ccccc3o2)c1. The number of carbonyl (C=O) groups excluding carboxylic acids is 1. The highest BCUT2D eigenvalue weighted by Crippen LogP contribution is 2.34. The summed E-state index contributed by atoms with van der Waals surface area (Å²) in [5.41, 5.74) is 3.56. The normalized spacial score (nSPS) is 11.3. The van der Waals surface area contributed by atoms with Crippen LogP contribution in [0.3, 0.4) is 0 Å². The molecule has 0 atom stereocenters. The number of anilines is 1. The smallest absolute Gasteiger partial charge is 0.248 e. The maximum absolute atomic E-state index is 12.4. The molecule has 2 aromatic heterocycles. The van der Waals surface area contributed by atoms with Crippen molar-refractivity contribution in [3.8, 4) is 22.8 Å². The fourth-order valence-corrected chi connectivity index (χ4v) is 3.74. The van der Waals surface area contributed by atoms with Gasteiger partial charge in [0.2, 0.25) is 11.8 Å². The van der Waals surface area contributed by atoms with E-state index >= 15 is 0 Å². The largest absolute Gasteiger partial charge is 0.457 e. The maximum atomic E-state index is 12.4. The monoisotopic (exact) mass is 474 g/mol. The predicted molar refractivity (Wildman–Crippen MR) is 131 cm³/mol. The van der Waals surface area contributed by atoms with Gasteiger partial charge in [0, 0.05) is 22.9 Å². The Morgan fingerprint density at radius 3 is 2.64 bits per heavy atom. The van der Waals surface area contributed by atoms with E-state index in [-0.39, 0.29) is 5.91 Å². The molecule has 0 saturated heterocycles. The molecule has 0 bridgehead atoms. The van der Waals surface area contributed by atoms with Crippen LogP contribution in [-0.4, -0.2) is 10.9 Å². The van der Waals surface area contributed by atoms with Crippen molar-refractivity contribution in [3.63, 3.8) is 0 Å². The Labute approximate surface area is 199 Å². The average molecular weight is 475 g/mol. The topological polar surface area (TPSA) is 68.3 Å². The highest BCUT2D eigenvalue weighted by atomic mass is 35.5. The molecule has 2 heterocycles. The van der Waals surface area contributed by atoms with E-state index < -0.39 is 0 Å². The van der Waals surface area contributed by atoms with Crippen LogP contribution in [0.15, 0.2) is 93.8 Å². The number of rotatable bonds is 5. The molecule has 0 radical (unpaired) electrons. The van der Waals surface area contributed by atoms with Crippen LogP contribution in [0.25, 0.3) is 40.0 Å². The zero-order chi connectivity index (χ0) is 22.8. The number of furan rings is 1. The van der Waals surface area contributed by atoms with E-state index in [2.05, 4.69) is 10.3 Å². The molecule has 7 heteroatoms. The van der Waals surface area contributed by atoms with Crippen LogP contribution in [0.5, 0.6) is 0 Å². The summed E-state index contributed by atoms with van der Waals surface area (Å²) in [6.45, 7) is 0. The molecular formula is C26H16Cl2N2O3. The van der Waals surface area contributed by atoms with Crippen molar-refractivity contribution in [1.82, 2.24) is 4.98 Å². The summed E-state index contributed by atoms with van der Waals surface area (Å²) in [7, 11) is 0. The van der Waals surface area contributed by atoms with Crippen LogP contribution in [-0.2, 0) is 4.79 Å². The summed E-state index contributed by atoms with van der Waals surface area (Å²) in [4.78, 5) is 16.9. The number of halogens is 2. The number of oxazole rings is 1.